The van der Waals surface area contributed by atoms with Crippen molar-refractivity contribution >= 4 is 19.8 Å². The fraction of sp³-hybridized carbons (Fsp3) is 0.657. The molecule has 0 saturated heterocycles. The van der Waals surface area contributed by atoms with Crippen molar-refractivity contribution in [3.8, 4) is 0 Å². The molecule has 0 radical (unpaired) electrons. The molecule has 0 fully saturated rings. The SMILES string of the molecule is CC/C=C\C/C=C\C/C=C\C/C=C\CCC(=O)OC(COC(=O)CCCCCCC/C=C\CCCC)COP(=O)(O)OCCN. The molecule has 258 valence electrons. The van der Waals surface area contributed by atoms with Crippen molar-refractivity contribution in [2.45, 2.75) is 123 Å². The van der Waals surface area contributed by atoms with Crippen LogP contribution in [-0.2, 0) is 32.7 Å². The lowest BCUT2D eigenvalue weighted by atomic mass is 10.1. The first-order valence-corrected chi connectivity index (χ1v) is 18.3. The largest absolute Gasteiger partial charge is 0.472 e. The first-order valence-electron chi connectivity index (χ1n) is 16.8. The van der Waals surface area contributed by atoms with Crippen LogP contribution in [-0.4, -0.2) is 49.3 Å². The van der Waals surface area contributed by atoms with Gasteiger partial charge in [0.25, 0.3) is 0 Å². The molecule has 2 unspecified atom stereocenters. The van der Waals surface area contributed by atoms with E-state index >= 15 is 0 Å². The number of nitrogens with two attached hydrogens (primary N) is 1. The number of esters is 2. The molecule has 45 heavy (non-hydrogen) atoms. The van der Waals surface area contributed by atoms with Crippen LogP contribution in [0.5, 0.6) is 0 Å². The van der Waals surface area contributed by atoms with Gasteiger partial charge in [-0.3, -0.25) is 18.6 Å². The second-order valence-corrected chi connectivity index (χ2v) is 12.1. The fourth-order valence-electron chi connectivity index (χ4n) is 3.92. The quantitative estimate of drug-likeness (QED) is 0.0338. The molecule has 0 aromatic carbocycles. The van der Waals surface area contributed by atoms with Crippen molar-refractivity contribution in [2.75, 3.05) is 26.4 Å². The maximum absolute atomic E-state index is 12.4. The number of phosphoric ester groups is 1. The predicted molar refractivity (Wildman–Crippen MR) is 183 cm³/mol. The molecule has 2 atom stereocenters. The van der Waals surface area contributed by atoms with Crippen LogP contribution < -0.4 is 5.73 Å². The van der Waals surface area contributed by atoms with E-state index in [4.69, 9.17) is 24.3 Å². The van der Waals surface area contributed by atoms with E-state index in [0.717, 1.165) is 64.2 Å². The van der Waals surface area contributed by atoms with E-state index < -0.39 is 32.5 Å². The molecule has 0 aliphatic rings. The zero-order valence-corrected chi connectivity index (χ0v) is 28.7. The third-order valence-electron chi connectivity index (χ3n) is 6.40. The minimum Gasteiger partial charge on any atom is -0.462 e. The number of hydrogen-bond donors (Lipinski definition) is 2. The summed E-state index contributed by atoms with van der Waals surface area (Å²) in [5.41, 5.74) is 5.31. The van der Waals surface area contributed by atoms with Crippen LogP contribution in [0.25, 0.3) is 0 Å². The molecule has 0 saturated carbocycles. The average molecular weight is 654 g/mol. The monoisotopic (exact) mass is 653 g/mol. The molecule has 0 aromatic heterocycles. The molecular formula is C35H60NO8P. The molecule has 0 aromatic rings. The summed E-state index contributed by atoms with van der Waals surface area (Å²) in [7, 11) is -4.39. The molecule has 0 aliphatic heterocycles. The van der Waals surface area contributed by atoms with Crippen LogP contribution in [0.4, 0.5) is 0 Å². The normalized spacial score (nSPS) is 14.3. The van der Waals surface area contributed by atoms with Crippen LogP contribution in [0, 0.1) is 0 Å². The fourth-order valence-corrected chi connectivity index (χ4v) is 4.69. The Morgan fingerprint density at radius 2 is 1.27 bits per heavy atom. The van der Waals surface area contributed by atoms with E-state index in [1.54, 1.807) is 0 Å². The molecule has 3 N–H and O–H groups in total. The topological polar surface area (TPSA) is 134 Å². The van der Waals surface area contributed by atoms with E-state index in [1.807, 2.05) is 12.2 Å². The van der Waals surface area contributed by atoms with Crippen LogP contribution in [0.1, 0.15) is 117 Å². The molecule has 0 spiro atoms. The van der Waals surface area contributed by atoms with Gasteiger partial charge in [-0.15, -0.1) is 0 Å². The average Bonchev–Trinajstić information content (AvgIpc) is 3.02. The Balaban J connectivity index is 4.45. The minimum atomic E-state index is -4.39. The van der Waals surface area contributed by atoms with Crippen LogP contribution >= 0.6 is 7.82 Å². The number of ether oxygens (including phenoxy) is 2. The smallest absolute Gasteiger partial charge is 0.462 e. The second kappa shape index (κ2) is 31.7. The Morgan fingerprint density at radius 3 is 1.91 bits per heavy atom. The van der Waals surface area contributed by atoms with Gasteiger partial charge in [-0.1, -0.05) is 107 Å². The summed E-state index contributed by atoms with van der Waals surface area (Å²) in [4.78, 5) is 34.5. The minimum absolute atomic E-state index is 0.0390. The van der Waals surface area contributed by atoms with Gasteiger partial charge >= 0.3 is 19.8 Å². The molecular weight excluding hydrogens is 593 g/mol. The first-order chi connectivity index (χ1) is 21.8. The maximum atomic E-state index is 12.4. The third-order valence-corrected chi connectivity index (χ3v) is 7.39. The Hall–Kier alpha value is -2.29. The van der Waals surface area contributed by atoms with Gasteiger partial charge < -0.3 is 20.1 Å². The lowest BCUT2D eigenvalue weighted by molar-refractivity contribution is -0.161. The number of phosphoric acid groups is 1. The van der Waals surface area contributed by atoms with E-state index in [9.17, 15) is 19.0 Å². The predicted octanol–water partition coefficient (Wildman–Crippen LogP) is 8.60. The van der Waals surface area contributed by atoms with Crippen molar-refractivity contribution in [3.63, 3.8) is 0 Å². The summed E-state index contributed by atoms with van der Waals surface area (Å²) in [6.07, 6.45) is 34.2. The Morgan fingerprint density at radius 1 is 0.689 bits per heavy atom. The number of hydrogen-bond acceptors (Lipinski definition) is 8. The Kier molecular flexibility index (Phi) is 30.1. The molecule has 10 heteroatoms. The summed E-state index contributed by atoms with van der Waals surface area (Å²) in [6, 6.07) is 0. The number of carbonyl (C=O) groups excluding carboxylic acids is 2. The van der Waals surface area contributed by atoms with Crippen molar-refractivity contribution in [3.05, 3.63) is 60.8 Å². The van der Waals surface area contributed by atoms with Crippen LogP contribution in [0.2, 0.25) is 0 Å². The van der Waals surface area contributed by atoms with Crippen molar-refractivity contribution in [2.24, 2.45) is 5.73 Å². The molecule has 0 heterocycles. The molecule has 0 bridgehead atoms. The van der Waals surface area contributed by atoms with Crippen LogP contribution in [0.3, 0.4) is 0 Å². The highest BCUT2D eigenvalue weighted by Gasteiger charge is 2.25. The maximum Gasteiger partial charge on any atom is 0.472 e. The summed E-state index contributed by atoms with van der Waals surface area (Å²) >= 11 is 0. The van der Waals surface area contributed by atoms with E-state index in [-0.39, 0.29) is 32.6 Å². The third kappa shape index (κ3) is 31.5. The molecule has 0 amide bonds. The van der Waals surface area contributed by atoms with Gasteiger partial charge in [-0.05, 0) is 57.8 Å². The van der Waals surface area contributed by atoms with Gasteiger partial charge in [0.2, 0.25) is 0 Å². The van der Waals surface area contributed by atoms with E-state index in [2.05, 4.69) is 62.5 Å². The highest BCUT2D eigenvalue weighted by Crippen LogP contribution is 2.43. The second-order valence-electron chi connectivity index (χ2n) is 10.6. The lowest BCUT2D eigenvalue weighted by Gasteiger charge is -2.19. The first kappa shape index (κ1) is 42.7. The van der Waals surface area contributed by atoms with Gasteiger partial charge in [0.05, 0.1) is 13.2 Å². The summed E-state index contributed by atoms with van der Waals surface area (Å²) < 4.78 is 32.4. The number of rotatable bonds is 30. The zero-order valence-electron chi connectivity index (χ0n) is 27.8. The van der Waals surface area contributed by atoms with Crippen molar-refractivity contribution in [1.82, 2.24) is 0 Å². The Labute approximate surface area is 272 Å². The molecule has 0 rings (SSSR count). The summed E-state index contributed by atoms with van der Waals surface area (Å²) in [5.74, 6) is -0.945. The van der Waals surface area contributed by atoms with E-state index in [0.29, 0.717) is 12.8 Å². The summed E-state index contributed by atoms with van der Waals surface area (Å²) in [5, 5.41) is 0. The van der Waals surface area contributed by atoms with Gasteiger partial charge in [-0.25, -0.2) is 4.57 Å². The lowest BCUT2D eigenvalue weighted by Crippen LogP contribution is -2.29. The standard InChI is InChI=1S/C35H60NO8P/c1-3-5-7-9-11-13-15-16-18-20-22-24-26-28-35(38)44-33(32-43-45(39,40)42-30-29-36)31-41-34(37)27-25-23-21-19-17-14-12-10-8-6-4-2/h5,7,10-13,16,18,22,24,33H,3-4,6,8-9,14-15,17,19-21,23,25-32,36H2,1-2H3,(H,39,40)/b7-5-,12-10-,13-11-,18-16-,24-22-. The Bertz CT molecular complexity index is 929. The molecule has 0 aliphatic carbocycles. The van der Waals surface area contributed by atoms with Gasteiger partial charge in [0.15, 0.2) is 6.10 Å². The van der Waals surface area contributed by atoms with Gasteiger partial charge in [0.1, 0.15) is 6.61 Å². The molecule has 9 nitrogen and oxygen atoms in total. The summed E-state index contributed by atoms with van der Waals surface area (Å²) in [6.45, 7) is 3.43. The van der Waals surface area contributed by atoms with Gasteiger partial charge in [-0.2, -0.15) is 0 Å². The number of unbranched alkanes of at least 4 members (excludes halogenated alkanes) is 7. The van der Waals surface area contributed by atoms with Crippen LogP contribution in [0.15, 0.2) is 60.8 Å². The highest BCUT2D eigenvalue weighted by molar-refractivity contribution is 7.47. The van der Waals surface area contributed by atoms with Crippen molar-refractivity contribution in [1.29, 1.82) is 0 Å². The van der Waals surface area contributed by atoms with Gasteiger partial charge in [0, 0.05) is 19.4 Å². The van der Waals surface area contributed by atoms with E-state index in [1.165, 1.54) is 12.8 Å². The number of allylic oxidation sites excluding steroid dienone is 10. The highest BCUT2D eigenvalue weighted by atomic mass is 31.2. The zero-order chi connectivity index (χ0) is 33.3. The van der Waals surface area contributed by atoms with Crippen molar-refractivity contribution < 1.29 is 37.6 Å². The number of carbonyl (C=O) groups is 2.